The smallest absolute Gasteiger partial charge is 0.311 e. The van der Waals surface area contributed by atoms with E-state index in [1.54, 1.807) is 23.3 Å². The standard InChI is InChI=1S/C13H15NO4S/c1-8(15)9-5-10(19-6-9)11(16)14-4-3-13(2,7-14)12(17)18/h5-6H,3-4,7H2,1-2H3,(H,17,18). The van der Waals surface area contributed by atoms with Gasteiger partial charge in [-0.05, 0) is 26.3 Å². The molecule has 1 aliphatic rings. The molecule has 0 aromatic carbocycles. The van der Waals surface area contributed by atoms with Crippen molar-refractivity contribution < 1.29 is 19.5 Å². The largest absolute Gasteiger partial charge is 0.481 e. The lowest BCUT2D eigenvalue weighted by Crippen LogP contribution is -2.34. The Morgan fingerprint density at radius 1 is 1.42 bits per heavy atom. The van der Waals surface area contributed by atoms with Crippen LogP contribution in [0.1, 0.15) is 40.3 Å². The van der Waals surface area contributed by atoms with Crippen molar-refractivity contribution in [1.82, 2.24) is 4.90 Å². The van der Waals surface area contributed by atoms with Crippen LogP contribution in [0.5, 0.6) is 0 Å². The second-order valence-corrected chi connectivity index (χ2v) is 6.01. The van der Waals surface area contributed by atoms with Crippen LogP contribution in [0, 0.1) is 5.41 Å². The van der Waals surface area contributed by atoms with E-state index >= 15 is 0 Å². The van der Waals surface area contributed by atoms with Gasteiger partial charge in [-0.15, -0.1) is 11.3 Å². The Hall–Kier alpha value is -1.69. The number of amides is 1. The molecule has 1 aliphatic heterocycles. The van der Waals surface area contributed by atoms with Crippen molar-refractivity contribution in [3.05, 3.63) is 21.9 Å². The normalized spacial score (nSPS) is 22.5. The fourth-order valence-electron chi connectivity index (χ4n) is 2.10. The summed E-state index contributed by atoms with van der Waals surface area (Å²) in [5.74, 6) is -1.15. The number of carbonyl (C=O) groups excluding carboxylic acids is 2. The van der Waals surface area contributed by atoms with Crippen molar-refractivity contribution in [3.8, 4) is 0 Å². The van der Waals surface area contributed by atoms with E-state index in [9.17, 15) is 14.4 Å². The summed E-state index contributed by atoms with van der Waals surface area (Å²) in [6.07, 6.45) is 0.457. The summed E-state index contributed by atoms with van der Waals surface area (Å²) in [6, 6.07) is 1.58. The summed E-state index contributed by atoms with van der Waals surface area (Å²) in [4.78, 5) is 36.6. The van der Waals surface area contributed by atoms with Crippen molar-refractivity contribution in [3.63, 3.8) is 0 Å². The van der Waals surface area contributed by atoms with Crippen LogP contribution in [-0.4, -0.2) is 40.8 Å². The highest BCUT2D eigenvalue weighted by Gasteiger charge is 2.42. The Bertz CT molecular complexity index is 551. The van der Waals surface area contributed by atoms with E-state index in [0.717, 1.165) is 0 Å². The molecule has 0 spiro atoms. The molecule has 0 saturated carbocycles. The Morgan fingerprint density at radius 3 is 2.58 bits per heavy atom. The lowest BCUT2D eigenvalue weighted by atomic mass is 9.90. The number of hydrogen-bond acceptors (Lipinski definition) is 4. The molecule has 1 aromatic heterocycles. The number of carboxylic acid groups (broad SMARTS) is 1. The molecule has 1 saturated heterocycles. The molecule has 19 heavy (non-hydrogen) atoms. The molecule has 6 heteroatoms. The minimum atomic E-state index is -0.876. The molecule has 1 N–H and O–H groups in total. The fourth-order valence-corrected chi connectivity index (χ4v) is 3.01. The molecule has 0 bridgehead atoms. The van der Waals surface area contributed by atoms with Gasteiger partial charge in [-0.25, -0.2) is 0 Å². The van der Waals surface area contributed by atoms with Gasteiger partial charge in [0, 0.05) is 24.0 Å². The maximum atomic E-state index is 12.2. The van der Waals surface area contributed by atoms with Crippen LogP contribution < -0.4 is 0 Å². The van der Waals surface area contributed by atoms with Gasteiger partial charge in [0.25, 0.3) is 5.91 Å². The lowest BCUT2D eigenvalue weighted by Gasteiger charge is -2.19. The van der Waals surface area contributed by atoms with E-state index in [1.165, 1.54) is 18.3 Å². The first-order valence-electron chi connectivity index (χ1n) is 5.96. The van der Waals surface area contributed by atoms with E-state index in [2.05, 4.69) is 0 Å². The van der Waals surface area contributed by atoms with Crippen molar-refractivity contribution in [1.29, 1.82) is 0 Å². The second-order valence-electron chi connectivity index (χ2n) is 5.10. The van der Waals surface area contributed by atoms with Gasteiger partial charge in [0.05, 0.1) is 10.3 Å². The number of likely N-dealkylation sites (tertiary alicyclic amines) is 1. The van der Waals surface area contributed by atoms with Crippen LogP contribution in [0.2, 0.25) is 0 Å². The number of nitrogens with zero attached hydrogens (tertiary/aromatic N) is 1. The molecule has 1 fully saturated rings. The number of Topliss-reactive ketones (excluding diaryl/α,β-unsaturated/α-hetero) is 1. The third-order valence-corrected chi connectivity index (χ3v) is 4.41. The van der Waals surface area contributed by atoms with Crippen LogP contribution in [0.15, 0.2) is 11.4 Å². The zero-order valence-electron chi connectivity index (χ0n) is 10.8. The second kappa shape index (κ2) is 4.77. The van der Waals surface area contributed by atoms with Crippen molar-refractivity contribution in [2.45, 2.75) is 20.3 Å². The molecular weight excluding hydrogens is 266 g/mol. The average molecular weight is 281 g/mol. The van der Waals surface area contributed by atoms with E-state index in [1.807, 2.05) is 0 Å². The molecule has 2 heterocycles. The van der Waals surface area contributed by atoms with Crippen molar-refractivity contribution >= 4 is 29.0 Å². The van der Waals surface area contributed by atoms with Crippen LogP contribution in [-0.2, 0) is 4.79 Å². The first-order chi connectivity index (χ1) is 8.83. The summed E-state index contributed by atoms with van der Waals surface area (Å²) in [5.41, 5.74) is -0.343. The van der Waals surface area contributed by atoms with Gasteiger partial charge in [-0.3, -0.25) is 14.4 Å². The minimum absolute atomic E-state index is 0.0768. The number of aliphatic carboxylic acids is 1. The number of thiophene rings is 1. The summed E-state index contributed by atoms with van der Waals surface area (Å²) >= 11 is 1.22. The lowest BCUT2D eigenvalue weighted by molar-refractivity contribution is -0.147. The highest BCUT2D eigenvalue weighted by Crippen LogP contribution is 2.31. The van der Waals surface area contributed by atoms with Gasteiger partial charge in [-0.1, -0.05) is 0 Å². The Balaban J connectivity index is 2.13. The topological polar surface area (TPSA) is 74.7 Å². The summed E-state index contributed by atoms with van der Waals surface area (Å²) in [7, 11) is 0. The van der Waals surface area contributed by atoms with E-state index < -0.39 is 11.4 Å². The van der Waals surface area contributed by atoms with E-state index in [4.69, 9.17) is 5.11 Å². The predicted molar refractivity (Wildman–Crippen MR) is 70.6 cm³/mol. The first kappa shape index (κ1) is 13.7. The first-order valence-corrected chi connectivity index (χ1v) is 6.83. The molecular formula is C13H15NO4S. The Labute approximate surface area is 114 Å². The van der Waals surface area contributed by atoms with Gasteiger partial charge >= 0.3 is 5.97 Å². The molecule has 0 radical (unpaired) electrons. The minimum Gasteiger partial charge on any atom is -0.481 e. The van der Waals surface area contributed by atoms with Gasteiger partial charge < -0.3 is 10.0 Å². The van der Waals surface area contributed by atoms with Gasteiger partial charge in [-0.2, -0.15) is 0 Å². The number of rotatable bonds is 3. The Kier molecular flexibility index (Phi) is 3.45. The highest BCUT2D eigenvalue weighted by atomic mass is 32.1. The van der Waals surface area contributed by atoms with E-state index in [0.29, 0.717) is 23.4 Å². The number of hydrogen-bond donors (Lipinski definition) is 1. The molecule has 102 valence electrons. The maximum absolute atomic E-state index is 12.2. The molecule has 2 rings (SSSR count). The quantitative estimate of drug-likeness (QED) is 0.858. The predicted octanol–water partition coefficient (Wildman–Crippen LogP) is 1.89. The third-order valence-electron chi connectivity index (χ3n) is 3.49. The van der Waals surface area contributed by atoms with Gasteiger partial charge in [0.2, 0.25) is 0 Å². The van der Waals surface area contributed by atoms with Crippen LogP contribution in [0.4, 0.5) is 0 Å². The van der Waals surface area contributed by atoms with Crippen molar-refractivity contribution in [2.24, 2.45) is 5.41 Å². The SMILES string of the molecule is CC(=O)c1csc(C(=O)N2CCC(C)(C(=O)O)C2)c1. The zero-order chi connectivity index (χ0) is 14.2. The number of ketones is 1. The summed E-state index contributed by atoms with van der Waals surface area (Å²) in [5, 5.41) is 10.8. The van der Waals surface area contributed by atoms with E-state index in [-0.39, 0.29) is 18.2 Å². The monoisotopic (exact) mass is 281 g/mol. The molecule has 5 nitrogen and oxygen atoms in total. The van der Waals surface area contributed by atoms with Crippen LogP contribution >= 0.6 is 11.3 Å². The average Bonchev–Trinajstić information content (AvgIpc) is 2.95. The number of carbonyl (C=O) groups is 3. The summed E-state index contributed by atoms with van der Waals surface area (Å²) < 4.78 is 0. The molecule has 1 atom stereocenters. The fraction of sp³-hybridized carbons (Fsp3) is 0.462. The molecule has 1 unspecified atom stereocenters. The zero-order valence-corrected chi connectivity index (χ0v) is 11.6. The van der Waals surface area contributed by atoms with Crippen LogP contribution in [0.3, 0.4) is 0 Å². The van der Waals surface area contributed by atoms with Crippen molar-refractivity contribution in [2.75, 3.05) is 13.1 Å². The summed E-state index contributed by atoms with van der Waals surface area (Å²) in [6.45, 7) is 3.76. The third kappa shape index (κ3) is 2.53. The van der Waals surface area contributed by atoms with Crippen LogP contribution in [0.25, 0.3) is 0 Å². The molecule has 0 aliphatic carbocycles. The van der Waals surface area contributed by atoms with Gasteiger partial charge in [0.15, 0.2) is 5.78 Å². The Morgan fingerprint density at radius 2 is 2.11 bits per heavy atom. The highest BCUT2D eigenvalue weighted by molar-refractivity contribution is 7.12. The van der Waals surface area contributed by atoms with Gasteiger partial charge in [0.1, 0.15) is 0 Å². The maximum Gasteiger partial charge on any atom is 0.311 e. The number of carboxylic acids is 1. The molecule has 1 aromatic rings. The molecule has 1 amide bonds.